The van der Waals surface area contributed by atoms with Gasteiger partial charge in [-0.15, -0.1) is 0 Å². The fourth-order valence-electron chi connectivity index (χ4n) is 2.01. The quantitative estimate of drug-likeness (QED) is 0.767. The maximum atomic E-state index is 11.9. The van der Waals surface area contributed by atoms with Gasteiger partial charge in [0, 0.05) is 19.0 Å². The molecule has 1 aliphatic heterocycles. The Labute approximate surface area is 107 Å². The summed E-state index contributed by atoms with van der Waals surface area (Å²) in [5, 5.41) is 9.13. The molecule has 1 aliphatic rings. The van der Waals surface area contributed by atoms with Crippen molar-refractivity contribution in [3.63, 3.8) is 0 Å². The minimum absolute atomic E-state index is 0.139. The molecule has 0 aromatic heterocycles. The van der Waals surface area contributed by atoms with Crippen molar-refractivity contribution in [1.29, 1.82) is 0 Å². The molecule has 102 valence electrons. The first-order valence-corrected chi connectivity index (χ1v) is 6.08. The van der Waals surface area contributed by atoms with Crippen LogP contribution >= 0.6 is 0 Å². The number of hydrogen-bond acceptors (Lipinski definition) is 3. The molecule has 0 aromatic rings. The van der Waals surface area contributed by atoms with E-state index in [0.29, 0.717) is 6.54 Å². The number of carbonyl (C=O) groups excluding carboxylic acids is 1. The Balaban J connectivity index is 2.71. The van der Waals surface area contributed by atoms with Gasteiger partial charge in [-0.25, -0.2) is 4.79 Å². The number of nitrogens with zero attached hydrogens (tertiary/aromatic N) is 1. The van der Waals surface area contributed by atoms with Gasteiger partial charge in [-0.3, -0.25) is 4.79 Å². The summed E-state index contributed by atoms with van der Waals surface area (Å²) in [5.41, 5.74) is -0.561. The summed E-state index contributed by atoms with van der Waals surface area (Å²) in [6.45, 7) is 7.82. The summed E-state index contributed by atoms with van der Waals surface area (Å²) in [6, 6.07) is 0. The minimum Gasteiger partial charge on any atom is -0.481 e. The molecular weight excluding hydrogens is 234 g/mol. The van der Waals surface area contributed by atoms with Crippen LogP contribution in [0.1, 0.15) is 27.7 Å². The van der Waals surface area contributed by atoms with Crippen LogP contribution in [0.3, 0.4) is 0 Å². The first-order valence-electron chi connectivity index (χ1n) is 6.08. The number of hydrogen-bond donors (Lipinski definition) is 1. The lowest BCUT2D eigenvalue weighted by Gasteiger charge is -2.24. The fourth-order valence-corrected chi connectivity index (χ4v) is 2.01. The molecule has 1 fully saturated rings. The molecule has 1 heterocycles. The summed E-state index contributed by atoms with van der Waals surface area (Å²) in [6.07, 6.45) is 3.21. The first kappa shape index (κ1) is 14.5. The summed E-state index contributed by atoms with van der Waals surface area (Å²) in [4.78, 5) is 24.5. The van der Waals surface area contributed by atoms with E-state index in [-0.39, 0.29) is 12.5 Å². The average Bonchev–Trinajstić information content (AvgIpc) is 2.59. The van der Waals surface area contributed by atoms with Gasteiger partial charge in [0.15, 0.2) is 0 Å². The first-order chi connectivity index (χ1) is 8.24. The van der Waals surface area contributed by atoms with Gasteiger partial charge < -0.3 is 14.7 Å². The standard InChI is InChI=1S/C13H21NO4/c1-5-6-9-7-14(8-10(9)11(15)16)12(17)18-13(2,3)4/h5-6,9-10H,7-8H2,1-4H3,(H,15,16)/b6-5+/t9-,10-/m0/s1. The molecule has 0 saturated carbocycles. The molecule has 1 amide bonds. The third-order valence-corrected chi connectivity index (χ3v) is 2.77. The Morgan fingerprint density at radius 1 is 1.33 bits per heavy atom. The van der Waals surface area contributed by atoms with E-state index in [4.69, 9.17) is 9.84 Å². The molecule has 0 bridgehead atoms. The van der Waals surface area contributed by atoms with Crippen molar-refractivity contribution in [3.8, 4) is 0 Å². The molecule has 0 radical (unpaired) electrons. The Morgan fingerprint density at radius 3 is 2.39 bits per heavy atom. The molecule has 1 saturated heterocycles. The van der Waals surface area contributed by atoms with Crippen molar-refractivity contribution in [1.82, 2.24) is 4.90 Å². The van der Waals surface area contributed by atoms with E-state index >= 15 is 0 Å². The lowest BCUT2D eigenvalue weighted by atomic mass is 9.96. The van der Waals surface area contributed by atoms with Crippen LogP contribution in [0.25, 0.3) is 0 Å². The lowest BCUT2D eigenvalue weighted by molar-refractivity contribution is -0.142. The van der Waals surface area contributed by atoms with E-state index < -0.39 is 23.6 Å². The van der Waals surface area contributed by atoms with Gasteiger partial charge in [-0.2, -0.15) is 0 Å². The minimum atomic E-state index is -0.871. The molecule has 5 heteroatoms. The Hall–Kier alpha value is -1.52. The molecule has 1 rings (SSSR count). The molecule has 0 unspecified atom stereocenters. The summed E-state index contributed by atoms with van der Waals surface area (Å²) in [5.74, 6) is -1.56. The van der Waals surface area contributed by atoms with Gasteiger partial charge >= 0.3 is 12.1 Å². The highest BCUT2D eigenvalue weighted by molar-refractivity contribution is 5.75. The molecule has 5 nitrogen and oxygen atoms in total. The summed E-state index contributed by atoms with van der Waals surface area (Å²) < 4.78 is 5.25. The van der Waals surface area contributed by atoms with Gasteiger partial charge in [-0.1, -0.05) is 12.2 Å². The van der Waals surface area contributed by atoms with Gasteiger partial charge in [0.05, 0.1) is 5.92 Å². The molecule has 2 atom stereocenters. The van der Waals surface area contributed by atoms with Gasteiger partial charge in [0.1, 0.15) is 5.60 Å². The van der Waals surface area contributed by atoms with Crippen LogP contribution in [0.4, 0.5) is 4.79 Å². The van der Waals surface area contributed by atoms with Crippen molar-refractivity contribution in [2.24, 2.45) is 11.8 Å². The average molecular weight is 255 g/mol. The zero-order chi connectivity index (χ0) is 13.9. The highest BCUT2D eigenvalue weighted by Gasteiger charge is 2.39. The van der Waals surface area contributed by atoms with E-state index in [1.807, 2.05) is 19.1 Å². The molecule has 0 spiro atoms. The second-order valence-electron chi connectivity index (χ2n) is 5.52. The van der Waals surface area contributed by atoms with E-state index in [1.165, 1.54) is 4.90 Å². The number of amides is 1. The predicted molar refractivity (Wildman–Crippen MR) is 67.2 cm³/mol. The SMILES string of the molecule is C/C=C/[C@H]1CN(C(=O)OC(C)(C)C)C[C@@H]1C(=O)O. The number of carbonyl (C=O) groups is 2. The third kappa shape index (κ3) is 3.75. The molecule has 1 N–H and O–H groups in total. The van der Waals surface area contributed by atoms with Gasteiger partial charge in [-0.05, 0) is 27.7 Å². The van der Waals surface area contributed by atoms with E-state index in [1.54, 1.807) is 20.8 Å². The monoisotopic (exact) mass is 255 g/mol. The summed E-state index contributed by atoms with van der Waals surface area (Å²) in [7, 11) is 0. The zero-order valence-corrected chi connectivity index (χ0v) is 11.3. The van der Waals surface area contributed by atoms with Crippen LogP contribution < -0.4 is 0 Å². The number of ether oxygens (including phenoxy) is 1. The predicted octanol–water partition coefficient (Wildman–Crippen LogP) is 2.13. The smallest absolute Gasteiger partial charge is 0.410 e. The van der Waals surface area contributed by atoms with Crippen LogP contribution in [0.5, 0.6) is 0 Å². The normalized spacial score (nSPS) is 24.6. The van der Waals surface area contributed by atoms with Crippen LogP contribution in [0.15, 0.2) is 12.2 Å². The highest BCUT2D eigenvalue weighted by Crippen LogP contribution is 2.26. The number of carboxylic acids is 1. The molecular formula is C13H21NO4. The van der Waals surface area contributed by atoms with E-state index in [9.17, 15) is 9.59 Å². The van der Waals surface area contributed by atoms with Crippen molar-refractivity contribution in [2.45, 2.75) is 33.3 Å². The number of carboxylic acid groups (broad SMARTS) is 1. The maximum Gasteiger partial charge on any atom is 0.410 e. The highest BCUT2D eigenvalue weighted by atomic mass is 16.6. The van der Waals surface area contributed by atoms with E-state index in [0.717, 1.165) is 0 Å². The van der Waals surface area contributed by atoms with Crippen LogP contribution in [-0.2, 0) is 9.53 Å². The van der Waals surface area contributed by atoms with Crippen molar-refractivity contribution < 1.29 is 19.4 Å². The van der Waals surface area contributed by atoms with Gasteiger partial charge in [0.2, 0.25) is 0 Å². The molecule has 0 aromatic carbocycles. The van der Waals surface area contributed by atoms with Crippen LogP contribution in [-0.4, -0.2) is 40.8 Å². The fraction of sp³-hybridized carbons (Fsp3) is 0.692. The van der Waals surface area contributed by atoms with Crippen LogP contribution in [0.2, 0.25) is 0 Å². The number of allylic oxidation sites excluding steroid dienone is 1. The third-order valence-electron chi connectivity index (χ3n) is 2.77. The van der Waals surface area contributed by atoms with Crippen molar-refractivity contribution in [2.75, 3.05) is 13.1 Å². The van der Waals surface area contributed by atoms with Crippen molar-refractivity contribution >= 4 is 12.1 Å². The Bertz CT molecular complexity index is 356. The Morgan fingerprint density at radius 2 is 1.94 bits per heavy atom. The Kier molecular flexibility index (Phi) is 4.38. The largest absolute Gasteiger partial charge is 0.481 e. The van der Waals surface area contributed by atoms with Crippen LogP contribution in [0, 0.1) is 11.8 Å². The number of likely N-dealkylation sites (tertiary alicyclic amines) is 1. The second-order valence-corrected chi connectivity index (χ2v) is 5.52. The van der Waals surface area contributed by atoms with Crippen molar-refractivity contribution in [3.05, 3.63) is 12.2 Å². The topological polar surface area (TPSA) is 66.8 Å². The lowest BCUT2D eigenvalue weighted by Crippen LogP contribution is -2.35. The zero-order valence-electron chi connectivity index (χ0n) is 11.3. The van der Waals surface area contributed by atoms with Gasteiger partial charge in [0.25, 0.3) is 0 Å². The maximum absolute atomic E-state index is 11.9. The molecule has 18 heavy (non-hydrogen) atoms. The summed E-state index contributed by atoms with van der Waals surface area (Å²) >= 11 is 0. The second kappa shape index (κ2) is 5.42. The number of rotatable bonds is 2. The van der Waals surface area contributed by atoms with E-state index in [2.05, 4.69) is 0 Å². The number of aliphatic carboxylic acids is 1. The molecule has 0 aliphatic carbocycles.